The lowest BCUT2D eigenvalue weighted by atomic mass is 10.0. The Morgan fingerprint density at radius 2 is 1.85 bits per heavy atom. The zero-order chi connectivity index (χ0) is 9.26. The molecule has 0 radical (unpaired) electrons. The van der Waals surface area contributed by atoms with Crippen LogP contribution in [0.25, 0.3) is 0 Å². The van der Waals surface area contributed by atoms with Crippen LogP contribution in [-0.2, 0) is 0 Å². The van der Waals surface area contributed by atoms with Crippen molar-refractivity contribution in [3.63, 3.8) is 0 Å². The van der Waals surface area contributed by atoms with E-state index in [1.54, 1.807) is 0 Å². The second-order valence-electron chi connectivity index (χ2n) is 3.95. The molecule has 2 nitrogen and oxygen atoms in total. The summed E-state index contributed by atoms with van der Waals surface area (Å²) in [5.74, 6) is 0.687. The van der Waals surface area contributed by atoms with Crippen LogP contribution in [0.5, 0.6) is 0 Å². The minimum absolute atomic E-state index is 0.687. The van der Waals surface area contributed by atoms with Crippen molar-refractivity contribution in [3.8, 4) is 0 Å². The molecule has 1 fully saturated rings. The predicted molar refractivity (Wildman–Crippen MR) is 52.7 cm³/mol. The standard InChI is InChI=1S/C11H16N2/c1-8-9(2)13-11(7-12-8)10-5-3-4-6-10/h7,10H,3-6H2,1-2H3. The Morgan fingerprint density at radius 1 is 1.15 bits per heavy atom. The molecule has 0 unspecified atom stereocenters. The number of aromatic nitrogens is 2. The average Bonchev–Trinajstić information content (AvgIpc) is 2.62. The maximum atomic E-state index is 4.59. The second kappa shape index (κ2) is 3.44. The number of hydrogen-bond donors (Lipinski definition) is 0. The molecular formula is C11H16N2. The molecule has 0 aromatic carbocycles. The minimum atomic E-state index is 0.687. The van der Waals surface area contributed by atoms with Crippen LogP contribution in [0, 0.1) is 13.8 Å². The fraction of sp³-hybridized carbons (Fsp3) is 0.636. The van der Waals surface area contributed by atoms with Gasteiger partial charge in [0.05, 0.1) is 17.1 Å². The van der Waals surface area contributed by atoms with Crippen molar-refractivity contribution in [3.05, 3.63) is 23.3 Å². The van der Waals surface area contributed by atoms with Gasteiger partial charge < -0.3 is 0 Å². The first-order valence-electron chi connectivity index (χ1n) is 5.07. The van der Waals surface area contributed by atoms with Crippen LogP contribution in [0.4, 0.5) is 0 Å². The monoisotopic (exact) mass is 176 g/mol. The third kappa shape index (κ3) is 1.71. The summed E-state index contributed by atoms with van der Waals surface area (Å²) in [6.45, 7) is 4.06. The molecule has 0 amide bonds. The quantitative estimate of drug-likeness (QED) is 0.657. The first-order chi connectivity index (χ1) is 6.27. The van der Waals surface area contributed by atoms with E-state index < -0.39 is 0 Å². The summed E-state index contributed by atoms with van der Waals surface area (Å²) in [5, 5.41) is 0. The predicted octanol–water partition coefficient (Wildman–Crippen LogP) is 2.75. The smallest absolute Gasteiger partial charge is 0.0620 e. The Labute approximate surface area is 79.4 Å². The van der Waals surface area contributed by atoms with Crippen LogP contribution >= 0.6 is 0 Å². The van der Waals surface area contributed by atoms with Gasteiger partial charge in [0.15, 0.2) is 0 Å². The van der Waals surface area contributed by atoms with Gasteiger partial charge in [0.2, 0.25) is 0 Å². The topological polar surface area (TPSA) is 25.8 Å². The third-order valence-electron chi connectivity index (χ3n) is 2.98. The lowest BCUT2D eigenvalue weighted by Crippen LogP contribution is -2.01. The van der Waals surface area contributed by atoms with Gasteiger partial charge in [-0.15, -0.1) is 0 Å². The highest BCUT2D eigenvalue weighted by atomic mass is 14.8. The van der Waals surface area contributed by atoms with Crippen LogP contribution < -0.4 is 0 Å². The van der Waals surface area contributed by atoms with Crippen molar-refractivity contribution in [2.45, 2.75) is 45.4 Å². The van der Waals surface area contributed by atoms with E-state index in [4.69, 9.17) is 0 Å². The third-order valence-corrected chi connectivity index (χ3v) is 2.98. The highest BCUT2D eigenvalue weighted by Gasteiger charge is 2.18. The summed E-state index contributed by atoms with van der Waals surface area (Å²) in [6.07, 6.45) is 7.28. The van der Waals surface area contributed by atoms with Crippen LogP contribution in [0.3, 0.4) is 0 Å². The molecule has 0 spiro atoms. The molecule has 2 rings (SSSR count). The average molecular weight is 176 g/mol. The molecule has 2 heteroatoms. The Morgan fingerprint density at radius 3 is 2.46 bits per heavy atom. The van der Waals surface area contributed by atoms with Gasteiger partial charge in [-0.05, 0) is 26.7 Å². The van der Waals surface area contributed by atoms with E-state index in [0.29, 0.717) is 5.92 Å². The summed E-state index contributed by atoms with van der Waals surface area (Å²) in [7, 11) is 0. The first kappa shape index (κ1) is 8.67. The van der Waals surface area contributed by atoms with Gasteiger partial charge in [0.1, 0.15) is 0 Å². The highest BCUT2D eigenvalue weighted by Crippen LogP contribution is 2.32. The number of aryl methyl sites for hydroxylation is 2. The number of nitrogens with zero attached hydrogens (tertiary/aromatic N) is 2. The largest absolute Gasteiger partial charge is 0.258 e. The molecule has 0 aliphatic heterocycles. The maximum Gasteiger partial charge on any atom is 0.0620 e. The summed E-state index contributed by atoms with van der Waals surface area (Å²) in [4.78, 5) is 8.95. The van der Waals surface area contributed by atoms with Crippen molar-refractivity contribution in [2.24, 2.45) is 0 Å². The normalized spacial score (nSPS) is 18.0. The van der Waals surface area contributed by atoms with E-state index in [-0.39, 0.29) is 0 Å². The summed E-state index contributed by atoms with van der Waals surface area (Å²) in [5.41, 5.74) is 3.35. The van der Waals surface area contributed by atoms with E-state index in [9.17, 15) is 0 Å². The molecule has 70 valence electrons. The van der Waals surface area contributed by atoms with Crippen LogP contribution in [0.15, 0.2) is 6.20 Å². The summed E-state index contributed by atoms with van der Waals surface area (Å²) < 4.78 is 0. The van der Waals surface area contributed by atoms with Gasteiger partial charge in [-0.1, -0.05) is 12.8 Å². The second-order valence-corrected chi connectivity index (χ2v) is 3.95. The van der Waals surface area contributed by atoms with E-state index in [2.05, 4.69) is 9.97 Å². The molecule has 1 aliphatic carbocycles. The molecular weight excluding hydrogens is 160 g/mol. The molecule has 1 aromatic heterocycles. The Balaban J connectivity index is 2.25. The summed E-state index contributed by atoms with van der Waals surface area (Å²) in [6, 6.07) is 0. The van der Waals surface area contributed by atoms with Gasteiger partial charge in [-0.25, -0.2) is 0 Å². The molecule has 13 heavy (non-hydrogen) atoms. The van der Waals surface area contributed by atoms with Crippen molar-refractivity contribution in [1.82, 2.24) is 9.97 Å². The van der Waals surface area contributed by atoms with E-state index in [1.165, 1.54) is 31.4 Å². The maximum absolute atomic E-state index is 4.59. The number of rotatable bonds is 1. The molecule has 1 aromatic rings. The minimum Gasteiger partial charge on any atom is -0.258 e. The first-order valence-corrected chi connectivity index (χ1v) is 5.07. The van der Waals surface area contributed by atoms with Gasteiger partial charge in [-0.2, -0.15) is 0 Å². The highest BCUT2D eigenvalue weighted by molar-refractivity contribution is 5.14. The van der Waals surface area contributed by atoms with E-state index >= 15 is 0 Å². The lowest BCUT2D eigenvalue weighted by molar-refractivity contribution is 0.686. The SMILES string of the molecule is Cc1ncc(C2CCCC2)nc1C. The van der Waals surface area contributed by atoms with Crippen molar-refractivity contribution in [1.29, 1.82) is 0 Å². The fourth-order valence-corrected chi connectivity index (χ4v) is 1.98. The van der Waals surface area contributed by atoms with Gasteiger partial charge in [0, 0.05) is 12.1 Å². The van der Waals surface area contributed by atoms with Gasteiger partial charge >= 0.3 is 0 Å². The molecule has 0 atom stereocenters. The van der Waals surface area contributed by atoms with Crippen LogP contribution in [-0.4, -0.2) is 9.97 Å². The van der Waals surface area contributed by atoms with E-state index in [0.717, 1.165) is 11.4 Å². The van der Waals surface area contributed by atoms with Crippen LogP contribution in [0.1, 0.15) is 48.7 Å². The zero-order valence-electron chi connectivity index (χ0n) is 8.38. The molecule has 1 aliphatic rings. The van der Waals surface area contributed by atoms with Crippen molar-refractivity contribution < 1.29 is 0 Å². The van der Waals surface area contributed by atoms with Crippen molar-refractivity contribution in [2.75, 3.05) is 0 Å². The Hall–Kier alpha value is -0.920. The summed E-state index contributed by atoms with van der Waals surface area (Å²) >= 11 is 0. The zero-order valence-corrected chi connectivity index (χ0v) is 8.38. The fourth-order valence-electron chi connectivity index (χ4n) is 1.98. The van der Waals surface area contributed by atoms with E-state index in [1.807, 2.05) is 20.0 Å². The molecule has 0 N–H and O–H groups in total. The molecule has 0 saturated heterocycles. The van der Waals surface area contributed by atoms with Gasteiger partial charge in [-0.3, -0.25) is 9.97 Å². The molecule has 1 saturated carbocycles. The Kier molecular flexibility index (Phi) is 2.30. The Bertz CT molecular complexity index is 301. The van der Waals surface area contributed by atoms with Crippen LogP contribution in [0.2, 0.25) is 0 Å². The van der Waals surface area contributed by atoms with Gasteiger partial charge in [0.25, 0.3) is 0 Å². The molecule has 0 bridgehead atoms. The lowest BCUT2D eigenvalue weighted by Gasteiger charge is -2.09. The van der Waals surface area contributed by atoms with Crippen molar-refractivity contribution >= 4 is 0 Å². The molecule has 1 heterocycles. The number of hydrogen-bond acceptors (Lipinski definition) is 2.